The highest BCUT2D eigenvalue weighted by Gasteiger charge is 2.25. The van der Waals surface area contributed by atoms with Crippen molar-refractivity contribution < 1.29 is 14.6 Å². The van der Waals surface area contributed by atoms with Gasteiger partial charge in [0.1, 0.15) is 6.04 Å². The number of carbonyl (C=O) groups is 1. The average molecular weight is 257 g/mol. The van der Waals surface area contributed by atoms with Gasteiger partial charge in [0.05, 0.1) is 17.8 Å². The highest BCUT2D eigenvalue weighted by atomic mass is 32.1. The number of aromatic nitrogens is 1. The second-order valence-corrected chi connectivity index (χ2v) is 4.87. The summed E-state index contributed by atoms with van der Waals surface area (Å²) < 4.78 is 5.43. The summed E-state index contributed by atoms with van der Waals surface area (Å²) in [6, 6.07) is -0.825. The number of rotatable bonds is 4. The van der Waals surface area contributed by atoms with Gasteiger partial charge in [-0.2, -0.15) is 0 Å². The van der Waals surface area contributed by atoms with E-state index in [1.54, 1.807) is 5.38 Å². The third-order valence-electron chi connectivity index (χ3n) is 2.79. The minimum Gasteiger partial charge on any atom is -0.480 e. The van der Waals surface area contributed by atoms with Crippen LogP contribution in [0.15, 0.2) is 5.38 Å². The molecule has 0 amide bonds. The fraction of sp³-hybridized carbons (Fsp3) is 0.600. The van der Waals surface area contributed by atoms with E-state index in [0.29, 0.717) is 10.8 Å². The van der Waals surface area contributed by atoms with Crippen LogP contribution in [0, 0.1) is 0 Å². The molecule has 1 aromatic rings. The first kappa shape index (κ1) is 12.3. The minimum absolute atomic E-state index is 0.149. The van der Waals surface area contributed by atoms with Crippen LogP contribution < -0.4 is 11.1 Å². The van der Waals surface area contributed by atoms with Crippen LogP contribution >= 0.6 is 11.3 Å². The van der Waals surface area contributed by atoms with Crippen molar-refractivity contribution in [2.45, 2.75) is 31.5 Å². The van der Waals surface area contributed by atoms with Gasteiger partial charge in [0.2, 0.25) is 0 Å². The van der Waals surface area contributed by atoms with Gasteiger partial charge in [-0.15, -0.1) is 11.3 Å². The number of hydrogen-bond acceptors (Lipinski definition) is 6. The van der Waals surface area contributed by atoms with Crippen LogP contribution in [-0.2, 0) is 9.53 Å². The second-order valence-electron chi connectivity index (χ2n) is 4.01. The predicted octanol–water partition coefficient (Wildman–Crippen LogP) is 0.817. The Morgan fingerprint density at radius 2 is 2.59 bits per heavy atom. The zero-order chi connectivity index (χ0) is 12.4. The number of ether oxygens (including phenoxy) is 1. The van der Waals surface area contributed by atoms with Crippen LogP contribution in [-0.4, -0.2) is 34.8 Å². The van der Waals surface area contributed by atoms with Crippen molar-refractivity contribution in [3.05, 3.63) is 11.1 Å². The maximum Gasteiger partial charge on any atom is 0.326 e. The molecule has 94 valence electrons. The van der Waals surface area contributed by atoms with Gasteiger partial charge in [-0.1, -0.05) is 0 Å². The summed E-state index contributed by atoms with van der Waals surface area (Å²) in [5.41, 5.74) is 5.86. The number of aliphatic carboxylic acids is 1. The Hall–Kier alpha value is -1.18. The molecule has 4 N–H and O–H groups in total. The number of carboxylic acids is 1. The molecule has 0 radical (unpaired) electrons. The van der Waals surface area contributed by atoms with Gasteiger partial charge in [-0.25, -0.2) is 4.98 Å². The van der Waals surface area contributed by atoms with Crippen molar-refractivity contribution in [3.63, 3.8) is 0 Å². The molecular formula is C10H15N3O3S. The van der Waals surface area contributed by atoms with Crippen LogP contribution in [0.3, 0.4) is 0 Å². The quantitative estimate of drug-likeness (QED) is 0.738. The summed E-state index contributed by atoms with van der Waals surface area (Å²) in [6.07, 6.45) is 1.08. The van der Waals surface area contributed by atoms with Crippen LogP contribution in [0.4, 0.5) is 5.13 Å². The summed E-state index contributed by atoms with van der Waals surface area (Å²) in [6.45, 7) is 2.74. The second kappa shape index (κ2) is 4.99. The van der Waals surface area contributed by atoms with Gasteiger partial charge in [0, 0.05) is 12.0 Å². The van der Waals surface area contributed by atoms with Crippen molar-refractivity contribution >= 4 is 22.4 Å². The molecule has 0 spiro atoms. The van der Waals surface area contributed by atoms with Crippen molar-refractivity contribution in [1.82, 2.24) is 4.98 Å². The average Bonchev–Trinajstić information content (AvgIpc) is 2.88. The van der Waals surface area contributed by atoms with Gasteiger partial charge in [0.25, 0.3) is 0 Å². The van der Waals surface area contributed by atoms with Crippen molar-refractivity contribution in [1.29, 1.82) is 0 Å². The molecule has 2 rings (SSSR count). The highest BCUT2D eigenvalue weighted by Crippen LogP contribution is 2.23. The molecule has 1 aromatic heterocycles. The Labute approximate surface area is 103 Å². The topological polar surface area (TPSA) is 97.5 Å². The summed E-state index contributed by atoms with van der Waals surface area (Å²) in [4.78, 5) is 14.9. The van der Waals surface area contributed by atoms with Gasteiger partial charge < -0.3 is 20.9 Å². The van der Waals surface area contributed by atoms with Gasteiger partial charge in [-0.3, -0.25) is 4.79 Å². The Morgan fingerprint density at radius 3 is 3.18 bits per heavy atom. The molecule has 17 heavy (non-hydrogen) atoms. The Kier molecular flexibility index (Phi) is 3.60. The van der Waals surface area contributed by atoms with Gasteiger partial charge in [0.15, 0.2) is 5.13 Å². The zero-order valence-electron chi connectivity index (χ0n) is 9.42. The van der Waals surface area contributed by atoms with E-state index < -0.39 is 12.0 Å². The van der Waals surface area contributed by atoms with Crippen molar-refractivity contribution in [2.24, 2.45) is 5.73 Å². The molecule has 3 unspecified atom stereocenters. The molecule has 0 bridgehead atoms. The van der Waals surface area contributed by atoms with Gasteiger partial charge in [-0.05, 0) is 13.3 Å². The summed E-state index contributed by atoms with van der Waals surface area (Å²) in [5, 5.41) is 14.4. The lowest BCUT2D eigenvalue weighted by atomic mass is 10.2. The fourth-order valence-corrected chi connectivity index (χ4v) is 2.51. The first-order chi connectivity index (χ1) is 8.08. The standard InChI is InChI=1S/C10H15N3O3S/c1-5-6(2-3-16-5)12-10-13-7(4-17-10)8(11)9(14)15/h4-6,8H,2-3,11H2,1H3,(H,12,13)(H,14,15). The first-order valence-corrected chi connectivity index (χ1v) is 6.28. The minimum atomic E-state index is -1.07. The zero-order valence-corrected chi connectivity index (χ0v) is 10.2. The molecule has 6 nitrogen and oxygen atoms in total. The third kappa shape index (κ3) is 2.74. The highest BCUT2D eigenvalue weighted by molar-refractivity contribution is 7.13. The molecule has 0 aliphatic carbocycles. The molecular weight excluding hydrogens is 242 g/mol. The summed E-state index contributed by atoms with van der Waals surface area (Å²) in [7, 11) is 0. The smallest absolute Gasteiger partial charge is 0.326 e. The van der Waals surface area contributed by atoms with E-state index in [4.69, 9.17) is 15.6 Å². The van der Waals surface area contributed by atoms with E-state index in [-0.39, 0.29) is 12.1 Å². The number of anilines is 1. The number of carboxylic acid groups (broad SMARTS) is 1. The van der Waals surface area contributed by atoms with Crippen LogP contribution in [0.1, 0.15) is 25.1 Å². The summed E-state index contributed by atoms with van der Waals surface area (Å²) >= 11 is 1.36. The molecule has 0 saturated carbocycles. The van der Waals surface area contributed by atoms with Crippen molar-refractivity contribution in [3.8, 4) is 0 Å². The number of nitrogens with one attached hydrogen (secondary N) is 1. The lowest BCUT2D eigenvalue weighted by Crippen LogP contribution is -2.26. The first-order valence-electron chi connectivity index (χ1n) is 5.40. The van der Waals surface area contributed by atoms with E-state index in [0.717, 1.165) is 13.0 Å². The normalized spacial score (nSPS) is 25.8. The number of nitrogens with two attached hydrogens (primary N) is 1. The largest absolute Gasteiger partial charge is 0.480 e. The molecule has 0 aromatic carbocycles. The third-order valence-corrected chi connectivity index (χ3v) is 3.58. The fourth-order valence-electron chi connectivity index (χ4n) is 1.70. The number of nitrogens with zero attached hydrogens (tertiary/aromatic N) is 1. The van der Waals surface area contributed by atoms with E-state index in [2.05, 4.69) is 10.3 Å². The molecule has 1 aliphatic rings. The molecule has 3 atom stereocenters. The van der Waals surface area contributed by atoms with Gasteiger partial charge >= 0.3 is 5.97 Å². The van der Waals surface area contributed by atoms with E-state index in [1.165, 1.54) is 11.3 Å². The molecule has 1 aliphatic heterocycles. The maximum atomic E-state index is 10.7. The van der Waals surface area contributed by atoms with Crippen molar-refractivity contribution in [2.75, 3.05) is 11.9 Å². The Bertz CT molecular complexity index is 409. The Morgan fingerprint density at radius 1 is 1.82 bits per heavy atom. The van der Waals surface area contributed by atoms with Crippen LogP contribution in [0.5, 0.6) is 0 Å². The van der Waals surface area contributed by atoms with Crippen LogP contribution in [0.25, 0.3) is 0 Å². The molecule has 2 heterocycles. The van der Waals surface area contributed by atoms with E-state index >= 15 is 0 Å². The Balaban J connectivity index is 2.01. The van der Waals surface area contributed by atoms with E-state index in [9.17, 15) is 4.79 Å². The van der Waals surface area contributed by atoms with Crippen LogP contribution in [0.2, 0.25) is 0 Å². The lowest BCUT2D eigenvalue weighted by Gasteiger charge is -2.14. The molecule has 1 saturated heterocycles. The number of hydrogen-bond donors (Lipinski definition) is 3. The summed E-state index contributed by atoms with van der Waals surface area (Å²) in [5.74, 6) is -1.07. The molecule has 1 fully saturated rings. The van der Waals surface area contributed by atoms with E-state index in [1.807, 2.05) is 6.92 Å². The lowest BCUT2D eigenvalue weighted by molar-refractivity contribution is -0.138. The maximum absolute atomic E-state index is 10.7. The predicted molar refractivity (Wildman–Crippen MR) is 64.1 cm³/mol. The SMILES string of the molecule is CC1OCCC1Nc1nc(C(N)C(=O)O)cs1. The molecule has 7 heteroatoms. The number of thiazole rings is 1. The monoisotopic (exact) mass is 257 g/mol.